The summed E-state index contributed by atoms with van der Waals surface area (Å²) in [4.78, 5) is 37.9. The Hall–Kier alpha value is -1.91. The highest BCUT2D eigenvalue weighted by molar-refractivity contribution is 14.1. The Balaban J connectivity index is 2.04. The first-order valence-electron chi connectivity index (χ1n) is 7.13. The van der Waals surface area contributed by atoms with Crippen molar-refractivity contribution in [2.75, 3.05) is 4.90 Å². The molecular formula is C17H9BrClIN2O4. The van der Waals surface area contributed by atoms with Gasteiger partial charge in [-0.05, 0) is 86.6 Å². The quantitative estimate of drug-likeness (QED) is 0.337. The van der Waals surface area contributed by atoms with E-state index in [4.69, 9.17) is 11.6 Å². The van der Waals surface area contributed by atoms with Gasteiger partial charge in [0.2, 0.25) is 0 Å². The molecule has 26 heavy (non-hydrogen) atoms. The summed E-state index contributed by atoms with van der Waals surface area (Å²) < 4.78 is 0.962. The molecule has 4 amide bonds. The van der Waals surface area contributed by atoms with Gasteiger partial charge in [0.05, 0.1) is 13.7 Å². The van der Waals surface area contributed by atoms with Gasteiger partial charge in [0.15, 0.2) is 0 Å². The zero-order valence-electron chi connectivity index (χ0n) is 12.8. The van der Waals surface area contributed by atoms with Crippen LogP contribution in [-0.4, -0.2) is 23.0 Å². The third-order valence-corrected chi connectivity index (χ3v) is 5.22. The second-order valence-corrected chi connectivity index (χ2v) is 7.72. The summed E-state index contributed by atoms with van der Waals surface area (Å²) in [5.41, 5.74) is 0.604. The van der Waals surface area contributed by atoms with Crippen LogP contribution < -0.4 is 10.2 Å². The van der Waals surface area contributed by atoms with Gasteiger partial charge >= 0.3 is 6.03 Å². The number of phenols is 1. The van der Waals surface area contributed by atoms with Crippen molar-refractivity contribution < 1.29 is 19.5 Å². The van der Waals surface area contributed by atoms with Crippen LogP contribution in [0.25, 0.3) is 6.08 Å². The first-order chi connectivity index (χ1) is 12.3. The van der Waals surface area contributed by atoms with Crippen LogP contribution in [0.1, 0.15) is 5.56 Å². The van der Waals surface area contributed by atoms with E-state index < -0.39 is 17.8 Å². The number of anilines is 1. The molecule has 0 saturated carbocycles. The van der Waals surface area contributed by atoms with Crippen LogP contribution in [0, 0.1) is 3.57 Å². The molecule has 0 aromatic heterocycles. The van der Waals surface area contributed by atoms with Gasteiger partial charge in [0.1, 0.15) is 11.3 Å². The van der Waals surface area contributed by atoms with Crippen molar-refractivity contribution in [1.29, 1.82) is 0 Å². The Morgan fingerprint density at radius 1 is 1.15 bits per heavy atom. The van der Waals surface area contributed by atoms with Crippen LogP contribution >= 0.6 is 50.1 Å². The number of nitrogens with one attached hydrogen (secondary N) is 1. The lowest BCUT2D eigenvalue weighted by molar-refractivity contribution is -0.122. The lowest BCUT2D eigenvalue weighted by Gasteiger charge is -2.26. The fourth-order valence-electron chi connectivity index (χ4n) is 2.32. The maximum atomic E-state index is 12.8. The van der Waals surface area contributed by atoms with E-state index >= 15 is 0 Å². The Kier molecular flexibility index (Phi) is 5.35. The minimum atomic E-state index is -0.832. The largest absolute Gasteiger partial charge is 0.506 e. The van der Waals surface area contributed by atoms with Crippen molar-refractivity contribution in [3.8, 4) is 5.75 Å². The topological polar surface area (TPSA) is 86.7 Å². The second kappa shape index (κ2) is 7.37. The molecule has 0 spiro atoms. The van der Waals surface area contributed by atoms with E-state index in [1.54, 1.807) is 12.1 Å². The number of halogens is 3. The molecule has 3 rings (SSSR count). The summed E-state index contributed by atoms with van der Waals surface area (Å²) in [6.07, 6.45) is 1.36. The number of rotatable bonds is 2. The average Bonchev–Trinajstić information content (AvgIpc) is 2.58. The fourth-order valence-corrected chi connectivity index (χ4v) is 3.94. The Morgan fingerprint density at radius 2 is 1.81 bits per heavy atom. The number of nitrogens with zero attached hydrogens (tertiary/aromatic N) is 1. The summed E-state index contributed by atoms with van der Waals surface area (Å²) in [6, 6.07) is 8.43. The van der Waals surface area contributed by atoms with Crippen LogP contribution in [0.4, 0.5) is 10.5 Å². The normalized spacial score (nSPS) is 16.2. The molecule has 0 unspecified atom stereocenters. The number of barbiturate groups is 1. The van der Waals surface area contributed by atoms with Gasteiger partial charge in [-0.15, -0.1) is 0 Å². The van der Waals surface area contributed by atoms with E-state index in [-0.39, 0.29) is 17.0 Å². The molecule has 1 heterocycles. The summed E-state index contributed by atoms with van der Waals surface area (Å²) in [5.74, 6) is -1.48. The number of hydrogen-bond donors (Lipinski definition) is 2. The van der Waals surface area contributed by atoms with E-state index in [2.05, 4.69) is 21.2 Å². The monoisotopic (exact) mass is 546 g/mol. The zero-order valence-corrected chi connectivity index (χ0v) is 17.3. The number of urea groups is 1. The lowest BCUT2D eigenvalue weighted by Crippen LogP contribution is -2.54. The lowest BCUT2D eigenvalue weighted by atomic mass is 10.1. The predicted molar refractivity (Wildman–Crippen MR) is 109 cm³/mol. The molecule has 132 valence electrons. The van der Waals surface area contributed by atoms with Crippen molar-refractivity contribution in [3.63, 3.8) is 0 Å². The van der Waals surface area contributed by atoms with Gasteiger partial charge < -0.3 is 5.11 Å². The molecular weight excluding hydrogens is 538 g/mol. The molecule has 1 aliphatic rings. The van der Waals surface area contributed by atoms with Crippen LogP contribution in [-0.2, 0) is 9.59 Å². The van der Waals surface area contributed by atoms with Crippen LogP contribution in [0.2, 0.25) is 5.02 Å². The predicted octanol–water partition coefficient (Wildman–Crippen LogP) is 4.08. The van der Waals surface area contributed by atoms with E-state index in [1.807, 2.05) is 22.6 Å². The summed E-state index contributed by atoms with van der Waals surface area (Å²) in [7, 11) is 0. The molecule has 2 aromatic carbocycles. The number of imide groups is 2. The molecule has 0 aliphatic carbocycles. The molecule has 0 radical (unpaired) electrons. The highest BCUT2D eigenvalue weighted by atomic mass is 127. The SMILES string of the molecule is O=C1NC(=O)N(c2ccc(Cl)cc2)C(=O)/C1=C/c1cc(Br)c(O)c(I)c1. The number of hydrogen-bond acceptors (Lipinski definition) is 4. The van der Waals surface area contributed by atoms with E-state index in [9.17, 15) is 19.5 Å². The van der Waals surface area contributed by atoms with E-state index in [1.165, 1.54) is 30.3 Å². The third kappa shape index (κ3) is 3.62. The molecule has 2 N–H and O–H groups in total. The van der Waals surface area contributed by atoms with Crippen LogP contribution in [0.15, 0.2) is 46.4 Å². The molecule has 1 fully saturated rings. The molecule has 0 bridgehead atoms. The number of benzene rings is 2. The molecule has 9 heteroatoms. The van der Waals surface area contributed by atoms with Gasteiger partial charge in [-0.3, -0.25) is 14.9 Å². The van der Waals surface area contributed by atoms with Crippen LogP contribution in [0.3, 0.4) is 0 Å². The maximum absolute atomic E-state index is 12.8. The Morgan fingerprint density at radius 3 is 2.42 bits per heavy atom. The Bertz CT molecular complexity index is 952. The van der Waals surface area contributed by atoms with E-state index in [0.29, 0.717) is 18.6 Å². The van der Waals surface area contributed by atoms with Gasteiger partial charge in [0.25, 0.3) is 11.8 Å². The van der Waals surface area contributed by atoms with Gasteiger partial charge in [-0.1, -0.05) is 11.6 Å². The van der Waals surface area contributed by atoms with Crippen molar-refractivity contribution in [2.45, 2.75) is 0 Å². The van der Waals surface area contributed by atoms with Crippen molar-refractivity contribution in [3.05, 3.63) is 60.6 Å². The van der Waals surface area contributed by atoms with Crippen LogP contribution in [0.5, 0.6) is 5.75 Å². The molecule has 1 saturated heterocycles. The smallest absolute Gasteiger partial charge is 0.335 e. The number of carbonyl (C=O) groups excluding carboxylic acids is 3. The highest BCUT2D eigenvalue weighted by Gasteiger charge is 2.36. The summed E-state index contributed by atoms with van der Waals surface area (Å²) in [5, 5.41) is 12.4. The minimum Gasteiger partial charge on any atom is -0.506 e. The van der Waals surface area contributed by atoms with E-state index in [0.717, 1.165) is 4.90 Å². The van der Waals surface area contributed by atoms with Gasteiger partial charge in [-0.25, -0.2) is 9.69 Å². The number of amides is 4. The molecule has 0 atom stereocenters. The Labute approximate surface area is 175 Å². The second-order valence-electron chi connectivity index (χ2n) is 5.27. The standard InChI is InChI=1S/C17H9BrClIN2O4/c18-12-6-8(7-13(20)14(12)23)5-11-15(24)21-17(26)22(16(11)25)10-3-1-9(19)2-4-10/h1-7,23H,(H,21,24,26)/b11-5+. The fraction of sp³-hybridized carbons (Fsp3) is 0. The van der Waals surface area contributed by atoms with Gasteiger partial charge in [-0.2, -0.15) is 0 Å². The summed E-state index contributed by atoms with van der Waals surface area (Å²) in [6.45, 7) is 0. The minimum absolute atomic E-state index is 0.0603. The third-order valence-electron chi connectivity index (χ3n) is 3.54. The number of aromatic hydroxyl groups is 1. The maximum Gasteiger partial charge on any atom is 0.335 e. The molecule has 2 aromatic rings. The summed E-state index contributed by atoms with van der Waals surface area (Å²) >= 11 is 11.0. The first kappa shape index (κ1) is 18.9. The van der Waals surface area contributed by atoms with Crippen molar-refractivity contribution in [2.24, 2.45) is 0 Å². The average molecular weight is 548 g/mol. The highest BCUT2D eigenvalue weighted by Crippen LogP contribution is 2.32. The first-order valence-corrected chi connectivity index (χ1v) is 9.38. The van der Waals surface area contributed by atoms with Gasteiger partial charge in [0, 0.05) is 5.02 Å². The zero-order chi connectivity index (χ0) is 19.0. The number of phenolic OH excluding ortho intramolecular Hbond substituents is 1. The van der Waals surface area contributed by atoms with Crippen molar-refractivity contribution >= 4 is 79.7 Å². The van der Waals surface area contributed by atoms with Crippen molar-refractivity contribution in [1.82, 2.24) is 5.32 Å². The molecule has 6 nitrogen and oxygen atoms in total. The molecule has 1 aliphatic heterocycles. The number of carbonyl (C=O) groups is 3.